The Balaban J connectivity index is 1.20. The second-order valence-electron chi connectivity index (χ2n) is 12.3. The number of nitrogens with zero attached hydrogens (tertiary/aromatic N) is 2. The van der Waals surface area contributed by atoms with Gasteiger partial charge in [-0.15, -0.1) is 0 Å². The number of aromatic nitrogens is 2. The second kappa shape index (κ2) is 7.41. The lowest BCUT2D eigenvalue weighted by molar-refractivity contribution is -0.131. The molecular weight excluding hydrogens is 394 g/mol. The number of rotatable bonds is 3. The fourth-order valence-electron chi connectivity index (χ4n) is 9.07. The van der Waals surface area contributed by atoms with E-state index in [1.807, 2.05) is 23.0 Å². The van der Waals surface area contributed by atoms with Crippen molar-refractivity contribution in [1.29, 1.82) is 0 Å². The summed E-state index contributed by atoms with van der Waals surface area (Å²) in [5.74, 6) is 4.79. The summed E-state index contributed by atoms with van der Waals surface area (Å²) in [5, 5.41) is 5.66. The summed E-state index contributed by atoms with van der Waals surface area (Å²) in [6.45, 7) is 5.16. The molecule has 0 saturated heterocycles. The minimum Gasteiger partial charge on any atom is -0.325 e. The maximum atomic E-state index is 13.6. The average Bonchev–Trinajstić information content (AvgIpc) is 3.33. The molecule has 6 rings (SSSR count). The minimum absolute atomic E-state index is 0.0543. The molecule has 1 heterocycles. The summed E-state index contributed by atoms with van der Waals surface area (Å²) >= 11 is 0. The van der Waals surface area contributed by atoms with E-state index in [4.69, 9.17) is 5.73 Å². The Morgan fingerprint density at radius 3 is 2.72 bits per heavy atom. The van der Waals surface area contributed by atoms with E-state index >= 15 is 0 Å². The van der Waals surface area contributed by atoms with Crippen molar-refractivity contribution in [1.82, 2.24) is 9.78 Å². The monoisotopic (exact) mass is 433 g/mol. The molecule has 1 aromatic carbocycles. The lowest BCUT2D eigenvalue weighted by Crippen LogP contribution is -2.52. The number of hydrogen-bond donors (Lipinski definition) is 1. The molecule has 4 saturated carbocycles. The van der Waals surface area contributed by atoms with Gasteiger partial charge in [0.05, 0.1) is 11.7 Å². The molecule has 0 unspecified atom stereocenters. The highest BCUT2D eigenvalue weighted by Gasteiger charge is 2.58. The zero-order valence-corrected chi connectivity index (χ0v) is 19.8. The third-order valence-electron chi connectivity index (χ3n) is 10.5. The highest BCUT2D eigenvalue weighted by atomic mass is 16.1. The number of carbonyl (C=O) groups excluding carboxylic acids is 1. The van der Waals surface area contributed by atoms with Crippen molar-refractivity contribution in [3.8, 4) is 0 Å². The van der Waals surface area contributed by atoms with Gasteiger partial charge >= 0.3 is 0 Å². The van der Waals surface area contributed by atoms with Crippen LogP contribution in [0.4, 0.5) is 0 Å². The van der Waals surface area contributed by atoms with Gasteiger partial charge in [-0.2, -0.15) is 5.10 Å². The van der Waals surface area contributed by atoms with Crippen LogP contribution in [0.15, 0.2) is 30.5 Å². The molecule has 172 valence electrons. The average molecular weight is 434 g/mol. The van der Waals surface area contributed by atoms with Crippen LogP contribution in [-0.4, -0.2) is 21.1 Å². The van der Waals surface area contributed by atoms with Crippen LogP contribution in [0.5, 0.6) is 0 Å². The summed E-state index contributed by atoms with van der Waals surface area (Å²) < 4.78 is 1.93. The molecule has 4 heteroatoms. The minimum atomic E-state index is 0.0543. The zero-order valence-electron chi connectivity index (χ0n) is 19.8. The molecule has 4 fully saturated rings. The van der Waals surface area contributed by atoms with E-state index in [9.17, 15) is 4.79 Å². The SMILES string of the molecule is C[C@@]1(N)CC[C@H]2[C@H](CC[C@@H]3[C@@H]2CC[C@]2(C)[C@@H](C(=O)Cn4ncc5ccccc54)CC[C@@H]32)C1. The van der Waals surface area contributed by atoms with Crippen LogP contribution < -0.4 is 5.73 Å². The predicted molar refractivity (Wildman–Crippen MR) is 128 cm³/mol. The lowest BCUT2D eigenvalue weighted by atomic mass is 9.48. The van der Waals surface area contributed by atoms with E-state index in [0.29, 0.717) is 12.3 Å². The van der Waals surface area contributed by atoms with Gasteiger partial charge < -0.3 is 5.73 Å². The molecule has 0 bridgehead atoms. The third kappa shape index (κ3) is 3.20. The number of para-hydroxylation sites is 1. The smallest absolute Gasteiger partial charge is 0.157 e. The van der Waals surface area contributed by atoms with E-state index < -0.39 is 0 Å². The Kier molecular flexibility index (Phi) is 4.84. The molecule has 0 radical (unpaired) electrons. The first-order valence-electron chi connectivity index (χ1n) is 13.1. The Bertz CT molecular complexity index is 1020. The fourth-order valence-corrected chi connectivity index (χ4v) is 9.07. The van der Waals surface area contributed by atoms with Crippen molar-refractivity contribution in [2.24, 2.45) is 46.7 Å². The van der Waals surface area contributed by atoms with Crippen molar-refractivity contribution < 1.29 is 4.79 Å². The Hall–Kier alpha value is -1.68. The number of fused-ring (bicyclic) bond motifs is 6. The molecule has 8 atom stereocenters. The van der Waals surface area contributed by atoms with Crippen LogP contribution in [0.2, 0.25) is 0 Å². The summed E-state index contributed by atoms with van der Waals surface area (Å²) in [7, 11) is 0. The second-order valence-corrected chi connectivity index (χ2v) is 12.3. The summed E-state index contributed by atoms with van der Waals surface area (Å²) in [5.41, 5.74) is 7.87. The molecule has 0 amide bonds. The van der Waals surface area contributed by atoms with Crippen molar-refractivity contribution in [2.45, 2.75) is 83.7 Å². The molecule has 1 aromatic heterocycles. The molecule has 0 aliphatic heterocycles. The zero-order chi connectivity index (χ0) is 22.1. The number of ketones is 1. The van der Waals surface area contributed by atoms with Crippen LogP contribution >= 0.6 is 0 Å². The van der Waals surface area contributed by atoms with Gasteiger partial charge in [-0.05, 0) is 106 Å². The number of carbonyl (C=O) groups is 1. The van der Waals surface area contributed by atoms with Crippen molar-refractivity contribution in [3.63, 3.8) is 0 Å². The predicted octanol–water partition coefficient (Wildman–Crippen LogP) is 5.59. The largest absolute Gasteiger partial charge is 0.325 e. The maximum Gasteiger partial charge on any atom is 0.157 e. The first-order chi connectivity index (χ1) is 15.4. The third-order valence-corrected chi connectivity index (χ3v) is 10.5. The fraction of sp³-hybridized carbons (Fsp3) is 0.714. The standard InChI is InChI=1S/C28H39N3O/c1-27(29)13-11-20-18(15-27)7-8-22-21(20)12-14-28(2)23(22)9-10-24(28)26(32)17-31-25-6-4-3-5-19(25)16-30-31/h3-6,16,18,20-24H,7-15,17,29H2,1-2H3/t18-,20+,21-,22-,23+,24-,27-,28+/m1/s1. The Morgan fingerprint density at radius 2 is 1.84 bits per heavy atom. The van der Waals surface area contributed by atoms with Gasteiger partial charge in [0, 0.05) is 16.8 Å². The van der Waals surface area contributed by atoms with Gasteiger partial charge in [-0.1, -0.05) is 25.1 Å². The Labute approximate surface area is 192 Å². The molecule has 4 nitrogen and oxygen atoms in total. The van der Waals surface area contributed by atoms with E-state index in [1.165, 1.54) is 51.4 Å². The topological polar surface area (TPSA) is 60.9 Å². The summed E-state index contributed by atoms with van der Waals surface area (Å²) in [4.78, 5) is 13.6. The van der Waals surface area contributed by atoms with Crippen LogP contribution in [0.3, 0.4) is 0 Å². The number of nitrogens with two attached hydrogens (primary N) is 1. The first-order valence-corrected chi connectivity index (χ1v) is 13.1. The van der Waals surface area contributed by atoms with Gasteiger partial charge in [0.15, 0.2) is 5.78 Å². The normalized spacial score (nSPS) is 43.5. The first kappa shape index (κ1) is 20.9. The van der Waals surface area contributed by atoms with Crippen LogP contribution in [0, 0.1) is 40.9 Å². The van der Waals surface area contributed by atoms with E-state index in [2.05, 4.69) is 31.1 Å². The van der Waals surface area contributed by atoms with Gasteiger partial charge in [-0.25, -0.2) is 0 Å². The molecule has 32 heavy (non-hydrogen) atoms. The van der Waals surface area contributed by atoms with Gasteiger partial charge in [0.1, 0.15) is 6.54 Å². The van der Waals surface area contributed by atoms with Crippen LogP contribution in [0.1, 0.15) is 71.6 Å². The molecule has 4 aliphatic carbocycles. The number of hydrogen-bond acceptors (Lipinski definition) is 3. The summed E-state index contributed by atoms with van der Waals surface area (Å²) in [6.07, 6.45) is 13.3. The summed E-state index contributed by atoms with van der Waals surface area (Å²) in [6, 6.07) is 8.22. The van der Waals surface area contributed by atoms with Crippen molar-refractivity contribution in [2.75, 3.05) is 0 Å². The molecule has 2 aromatic rings. The molecule has 4 aliphatic rings. The quantitative estimate of drug-likeness (QED) is 0.686. The van der Waals surface area contributed by atoms with Gasteiger partial charge in [0.2, 0.25) is 0 Å². The molecule has 2 N–H and O–H groups in total. The molecular formula is C28H39N3O. The van der Waals surface area contributed by atoms with Crippen LogP contribution in [-0.2, 0) is 11.3 Å². The lowest BCUT2D eigenvalue weighted by Gasteiger charge is -2.57. The van der Waals surface area contributed by atoms with Crippen LogP contribution in [0.25, 0.3) is 10.9 Å². The number of Topliss-reactive ketones (excluding diaryl/α,β-unsaturated/α-hetero) is 1. The maximum absolute atomic E-state index is 13.6. The number of benzene rings is 1. The Morgan fingerprint density at radius 1 is 1.03 bits per heavy atom. The van der Waals surface area contributed by atoms with E-state index in [-0.39, 0.29) is 16.9 Å². The highest BCUT2D eigenvalue weighted by Crippen LogP contribution is 2.64. The van der Waals surface area contributed by atoms with Gasteiger partial charge in [0.25, 0.3) is 0 Å². The van der Waals surface area contributed by atoms with Crippen molar-refractivity contribution >= 4 is 16.7 Å². The molecule has 0 spiro atoms. The van der Waals surface area contributed by atoms with Crippen molar-refractivity contribution in [3.05, 3.63) is 30.5 Å². The van der Waals surface area contributed by atoms with E-state index in [0.717, 1.165) is 46.9 Å². The highest BCUT2D eigenvalue weighted by molar-refractivity contribution is 5.85. The van der Waals surface area contributed by atoms with E-state index in [1.54, 1.807) is 0 Å². The van der Waals surface area contributed by atoms with Gasteiger partial charge in [-0.3, -0.25) is 9.48 Å².